The molecule has 0 fully saturated rings. The number of anilines is 1. The van der Waals surface area contributed by atoms with Crippen molar-refractivity contribution in [3.63, 3.8) is 0 Å². The maximum Gasteiger partial charge on any atom is 0.242 e. The van der Waals surface area contributed by atoms with Crippen LogP contribution in [0.3, 0.4) is 0 Å². The highest BCUT2D eigenvalue weighted by Crippen LogP contribution is 2.19. The highest BCUT2D eigenvalue weighted by Gasteiger charge is 2.27. The van der Waals surface area contributed by atoms with Crippen molar-refractivity contribution in [2.45, 2.75) is 44.6 Å². The van der Waals surface area contributed by atoms with Crippen LogP contribution in [0.15, 0.2) is 53.4 Å². The van der Waals surface area contributed by atoms with E-state index >= 15 is 0 Å². The number of carbonyl (C=O) groups excluding carboxylic acids is 1. The average molecular weight is 405 g/mol. The van der Waals surface area contributed by atoms with E-state index in [9.17, 15) is 13.2 Å². The first-order valence-corrected chi connectivity index (χ1v) is 10.8. The molecular weight excluding hydrogens is 376 g/mol. The standard InChI is InChI=1S/C21H28N2O4S/c1-5-16-8-6-7-9-19(16)22-21(24)20(14-15(2)3)23-28(25,26)18-12-10-17(27-4)11-13-18/h6-13,15,20,23H,5,14H2,1-4H3,(H,22,24)/t20-/m0/s1. The maximum atomic E-state index is 12.9. The van der Waals surface area contributed by atoms with Gasteiger partial charge < -0.3 is 10.1 Å². The lowest BCUT2D eigenvalue weighted by Crippen LogP contribution is -2.44. The summed E-state index contributed by atoms with van der Waals surface area (Å²) in [6.07, 6.45) is 1.15. The number of aryl methyl sites for hydroxylation is 1. The summed E-state index contributed by atoms with van der Waals surface area (Å²) in [5.74, 6) is 0.328. The zero-order chi connectivity index (χ0) is 20.7. The van der Waals surface area contributed by atoms with Gasteiger partial charge in [-0.25, -0.2) is 8.42 Å². The van der Waals surface area contributed by atoms with Gasteiger partial charge in [0.15, 0.2) is 0 Å². The number of hydrogen-bond donors (Lipinski definition) is 2. The zero-order valence-corrected chi connectivity index (χ0v) is 17.5. The molecule has 0 aliphatic rings. The summed E-state index contributed by atoms with van der Waals surface area (Å²) in [7, 11) is -2.34. The lowest BCUT2D eigenvalue weighted by atomic mass is 10.0. The van der Waals surface area contributed by atoms with Crippen LogP contribution in [0.4, 0.5) is 5.69 Å². The molecule has 7 heteroatoms. The van der Waals surface area contributed by atoms with Crippen LogP contribution in [0.2, 0.25) is 0 Å². The first-order valence-electron chi connectivity index (χ1n) is 9.32. The van der Waals surface area contributed by atoms with Gasteiger partial charge in [-0.1, -0.05) is 39.0 Å². The third-order valence-corrected chi connectivity index (χ3v) is 5.83. The van der Waals surface area contributed by atoms with Crippen LogP contribution in [0.5, 0.6) is 5.75 Å². The first kappa shape index (κ1) is 21.9. The Hall–Kier alpha value is -2.38. The molecule has 0 unspecified atom stereocenters. The van der Waals surface area contributed by atoms with E-state index in [0.717, 1.165) is 12.0 Å². The molecule has 2 aromatic carbocycles. The fourth-order valence-electron chi connectivity index (χ4n) is 2.86. The van der Waals surface area contributed by atoms with Crippen molar-refractivity contribution in [1.29, 1.82) is 0 Å². The van der Waals surface area contributed by atoms with E-state index in [1.807, 2.05) is 45.0 Å². The maximum absolute atomic E-state index is 12.9. The Balaban J connectivity index is 2.23. The van der Waals surface area contributed by atoms with Gasteiger partial charge in [-0.15, -0.1) is 0 Å². The van der Waals surface area contributed by atoms with Crippen LogP contribution in [0, 0.1) is 5.92 Å². The lowest BCUT2D eigenvalue weighted by Gasteiger charge is -2.21. The number of carbonyl (C=O) groups is 1. The van der Waals surface area contributed by atoms with Crippen molar-refractivity contribution in [2.24, 2.45) is 5.92 Å². The summed E-state index contributed by atoms with van der Waals surface area (Å²) in [5.41, 5.74) is 1.70. The number of sulfonamides is 1. The van der Waals surface area contributed by atoms with E-state index < -0.39 is 16.1 Å². The first-order chi connectivity index (χ1) is 13.3. The second kappa shape index (κ2) is 9.71. The molecule has 0 radical (unpaired) electrons. The minimum atomic E-state index is -3.85. The van der Waals surface area contributed by atoms with E-state index in [1.165, 1.54) is 19.2 Å². The Labute approximate surface area is 167 Å². The molecule has 2 N–H and O–H groups in total. The summed E-state index contributed by atoms with van der Waals surface area (Å²) in [6, 6.07) is 12.7. The van der Waals surface area contributed by atoms with Gasteiger partial charge in [-0.05, 0) is 54.7 Å². The van der Waals surface area contributed by atoms with Crippen LogP contribution < -0.4 is 14.8 Å². The third kappa shape index (κ3) is 5.81. The minimum absolute atomic E-state index is 0.0869. The van der Waals surface area contributed by atoms with Crippen molar-refractivity contribution in [3.05, 3.63) is 54.1 Å². The molecule has 0 saturated heterocycles. The monoisotopic (exact) mass is 404 g/mol. The number of benzene rings is 2. The van der Waals surface area contributed by atoms with Crippen molar-refractivity contribution in [2.75, 3.05) is 12.4 Å². The molecule has 0 aliphatic heterocycles. The molecule has 6 nitrogen and oxygen atoms in total. The molecule has 0 aliphatic carbocycles. The fraction of sp³-hybridized carbons (Fsp3) is 0.381. The van der Waals surface area contributed by atoms with Crippen molar-refractivity contribution >= 4 is 21.6 Å². The van der Waals surface area contributed by atoms with E-state index in [1.54, 1.807) is 12.1 Å². The van der Waals surface area contributed by atoms with Crippen LogP contribution in [0.1, 0.15) is 32.8 Å². The Morgan fingerprint density at radius 2 is 1.71 bits per heavy atom. The molecule has 0 bridgehead atoms. The Kier molecular flexibility index (Phi) is 7.60. The zero-order valence-electron chi connectivity index (χ0n) is 16.7. The van der Waals surface area contributed by atoms with Gasteiger partial charge in [-0.3, -0.25) is 4.79 Å². The molecular formula is C21H28N2O4S. The molecule has 0 spiro atoms. The van der Waals surface area contributed by atoms with Gasteiger partial charge in [-0.2, -0.15) is 4.72 Å². The van der Waals surface area contributed by atoms with Gasteiger partial charge in [0.2, 0.25) is 15.9 Å². The highest BCUT2D eigenvalue weighted by atomic mass is 32.2. The fourth-order valence-corrected chi connectivity index (χ4v) is 4.07. The molecule has 0 heterocycles. The molecule has 152 valence electrons. The van der Waals surface area contributed by atoms with E-state index in [-0.39, 0.29) is 16.7 Å². The topological polar surface area (TPSA) is 84.5 Å². The van der Waals surface area contributed by atoms with Crippen molar-refractivity contribution in [1.82, 2.24) is 4.72 Å². The Morgan fingerprint density at radius 3 is 2.29 bits per heavy atom. The predicted molar refractivity (Wildman–Crippen MR) is 111 cm³/mol. The largest absolute Gasteiger partial charge is 0.497 e. The van der Waals surface area contributed by atoms with E-state index in [2.05, 4.69) is 10.0 Å². The Morgan fingerprint density at radius 1 is 1.07 bits per heavy atom. The lowest BCUT2D eigenvalue weighted by molar-refractivity contribution is -0.118. The molecule has 0 saturated carbocycles. The van der Waals surface area contributed by atoms with Gasteiger partial charge in [0.1, 0.15) is 11.8 Å². The normalized spacial score (nSPS) is 12.6. The molecule has 1 atom stereocenters. The minimum Gasteiger partial charge on any atom is -0.497 e. The summed E-state index contributed by atoms with van der Waals surface area (Å²) >= 11 is 0. The van der Waals surface area contributed by atoms with Gasteiger partial charge in [0.05, 0.1) is 12.0 Å². The molecule has 2 rings (SSSR count). The summed E-state index contributed by atoms with van der Waals surface area (Å²) in [6.45, 7) is 5.90. The highest BCUT2D eigenvalue weighted by molar-refractivity contribution is 7.89. The summed E-state index contributed by atoms with van der Waals surface area (Å²) < 4.78 is 33.2. The number of hydrogen-bond acceptors (Lipinski definition) is 4. The third-order valence-electron chi connectivity index (χ3n) is 4.35. The van der Waals surface area contributed by atoms with Crippen LogP contribution in [-0.4, -0.2) is 27.5 Å². The number of para-hydroxylation sites is 1. The number of rotatable bonds is 9. The number of amides is 1. The SMILES string of the molecule is CCc1ccccc1NC(=O)[C@H](CC(C)C)NS(=O)(=O)c1ccc(OC)cc1. The van der Waals surface area contributed by atoms with E-state index in [0.29, 0.717) is 17.9 Å². The number of methoxy groups -OCH3 is 1. The van der Waals surface area contributed by atoms with Crippen LogP contribution in [0.25, 0.3) is 0 Å². The van der Waals surface area contributed by atoms with Gasteiger partial charge in [0, 0.05) is 5.69 Å². The van der Waals surface area contributed by atoms with E-state index in [4.69, 9.17) is 4.74 Å². The second-order valence-corrected chi connectivity index (χ2v) is 8.69. The van der Waals surface area contributed by atoms with Crippen molar-refractivity contribution in [3.8, 4) is 5.75 Å². The molecule has 28 heavy (non-hydrogen) atoms. The summed E-state index contributed by atoms with van der Waals surface area (Å²) in [4.78, 5) is 13.0. The smallest absolute Gasteiger partial charge is 0.242 e. The molecule has 0 aromatic heterocycles. The average Bonchev–Trinajstić information content (AvgIpc) is 2.67. The van der Waals surface area contributed by atoms with Crippen molar-refractivity contribution < 1.29 is 17.9 Å². The number of ether oxygens (including phenoxy) is 1. The van der Waals surface area contributed by atoms with Crippen LogP contribution in [-0.2, 0) is 21.2 Å². The predicted octanol–water partition coefficient (Wildman–Crippen LogP) is 3.59. The second-order valence-electron chi connectivity index (χ2n) is 6.98. The van der Waals surface area contributed by atoms with Gasteiger partial charge >= 0.3 is 0 Å². The van der Waals surface area contributed by atoms with Crippen LogP contribution >= 0.6 is 0 Å². The summed E-state index contributed by atoms with van der Waals surface area (Å²) in [5, 5.41) is 2.87. The quantitative estimate of drug-likeness (QED) is 0.669. The number of nitrogens with one attached hydrogen (secondary N) is 2. The Bertz CT molecular complexity index is 893. The van der Waals surface area contributed by atoms with Gasteiger partial charge in [0.25, 0.3) is 0 Å². The molecule has 2 aromatic rings. The molecule has 1 amide bonds.